The van der Waals surface area contributed by atoms with E-state index in [9.17, 15) is 4.79 Å². The van der Waals surface area contributed by atoms with Crippen LogP contribution in [0.4, 0.5) is 0 Å². The Labute approximate surface area is 155 Å². The maximum Gasteiger partial charge on any atom is 0.260 e. The van der Waals surface area contributed by atoms with Gasteiger partial charge < -0.3 is 9.72 Å². The Bertz CT molecular complexity index is 921. The summed E-state index contributed by atoms with van der Waals surface area (Å²) in [6.07, 6.45) is 0. The summed E-state index contributed by atoms with van der Waals surface area (Å²) in [5.41, 5.74) is 3.30. The first kappa shape index (κ1) is 18.2. The molecule has 3 rings (SSSR count). The number of thiophene rings is 1. The highest BCUT2D eigenvalue weighted by Crippen LogP contribution is 2.33. The molecular formula is C19H22N2O2S2. The normalized spacial score (nSPS) is 12.0. The molecule has 0 spiro atoms. The van der Waals surface area contributed by atoms with Gasteiger partial charge in [0.2, 0.25) is 0 Å². The molecule has 0 aliphatic rings. The third kappa shape index (κ3) is 3.97. The summed E-state index contributed by atoms with van der Waals surface area (Å²) >= 11 is 3.01. The Morgan fingerprint density at radius 3 is 2.60 bits per heavy atom. The fourth-order valence-electron chi connectivity index (χ4n) is 2.58. The van der Waals surface area contributed by atoms with Gasteiger partial charge in [0.15, 0.2) is 5.16 Å². The van der Waals surface area contributed by atoms with Crippen molar-refractivity contribution in [2.45, 2.75) is 31.3 Å². The van der Waals surface area contributed by atoms with Crippen molar-refractivity contribution in [3.8, 4) is 11.1 Å². The lowest BCUT2D eigenvalue weighted by Gasteiger charge is -2.19. The molecule has 0 aliphatic heterocycles. The summed E-state index contributed by atoms with van der Waals surface area (Å²) in [7, 11) is 1.66. The molecule has 0 amide bonds. The first-order valence-electron chi connectivity index (χ1n) is 8.14. The molecule has 3 aromatic rings. The molecule has 132 valence electrons. The summed E-state index contributed by atoms with van der Waals surface area (Å²) in [6.45, 7) is 7.21. The Kier molecular flexibility index (Phi) is 5.32. The van der Waals surface area contributed by atoms with Crippen molar-refractivity contribution in [2.75, 3.05) is 19.5 Å². The molecule has 4 nitrogen and oxygen atoms in total. The van der Waals surface area contributed by atoms with E-state index in [2.05, 4.69) is 55.0 Å². The van der Waals surface area contributed by atoms with E-state index < -0.39 is 0 Å². The van der Waals surface area contributed by atoms with Crippen LogP contribution < -0.4 is 5.56 Å². The summed E-state index contributed by atoms with van der Waals surface area (Å²) in [6, 6.07) is 8.44. The van der Waals surface area contributed by atoms with Crippen molar-refractivity contribution in [1.29, 1.82) is 0 Å². The lowest BCUT2D eigenvalue weighted by Crippen LogP contribution is -2.10. The quantitative estimate of drug-likeness (QED) is 0.400. The van der Waals surface area contributed by atoms with Crippen molar-refractivity contribution >= 4 is 33.3 Å². The van der Waals surface area contributed by atoms with Crippen LogP contribution in [-0.4, -0.2) is 29.4 Å². The molecule has 2 aromatic heterocycles. The van der Waals surface area contributed by atoms with Gasteiger partial charge in [-0.1, -0.05) is 56.8 Å². The zero-order valence-corrected chi connectivity index (χ0v) is 16.5. The number of H-pyrrole nitrogens is 1. The maximum absolute atomic E-state index is 12.6. The largest absolute Gasteiger partial charge is 0.384 e. The number of methoxy groups -OCH3 is 1. The van der Waals surface area contributed by atoms with Gasteiger partial charge in [-0.2, -0.15) is 0 Å². The van der Waals surface area contributed by atoms with Gasteiger partial charge in [-0.05, 0) is 16.5 Å². The van der Waals surface area contributed by atoms with Crippen LogP contribution in [0.15, 0.2) is 39.6 Å². The Morgan fingerprint density at radius 1 is 1.24 bits per heavy atom. The van der Waals surface area contributed by atoms with Crippen LogP contribution in [0, 0.1) is 0 Å². The molecule has 0 atom stereocenters. The smallest absolute Gasteiger partial charge is 0.260 e. The van der Waals surface area contributed by atoms with Gasteiger partial charge in [0.1, 0.15) is 4.83 Å². The molecule has 0 radical (unpaired) electrons. The Morgan fingerprint density at radius 2 is 1.96 bits per heavy atom. The average Bonchev–Trinajstić information content (AvgIpc) is 2.99. The number of aromatic amines is 1. The van der Waals surface area contributed by atoms with E-state index in [1.807, 2.05) is 5.38 Å². The van der Waals surface area contributed by atoms with Crippen molar-refractivity contribution in [3.05, 3.63) is 45.6 Å². The minimum atomic E-state index is -0.0823. The van der Waals surface area contributed by atoms with Gasteiger partial charge in [-0.15, -0.1) is 11.3 Å². The number of benzene rings is 1. The van der Waals surface area contributed by atoms with E-state index in [4.69, 9.17) is 4.74 Å². The highest BCUT2D eigenvalue weighted by Gasteiger charge is 2.16. The molecule has 0 fully saturated rings. The molecule has 2 heterocycles. The zero-order chi connectivity index (χ0) is 18.0. The third-order valence-corrected chi connectivity index (χ3v) is 5.72. The molecule has 1 aromatic carbocycles. The molecular weight excluding hydrogens is 352 g/mol. The lowest BCUT2D eigenvalue weighted by atomic mass is 9.86. The number of ether oxygens (including phenoxy) is 1. The lowest BCUT2D eigenvalue weighted by molar-refractivity contribution is 0.218. The van der Waals surface area contributed by atoms with Crippen molar-refractivity contribution in [1.82, 2.24) is 9.97 Å². The number of hydrogen-bond donors (Lipinski definition) is 1. The molecule has 0 bridgehead atoms. The van der Waals surface area contributed by atoms with Crippen LogP contribution in [0.5, 0.6) is 0 Å². The predicted molar refractivity (Wildman–Crippen MR) is 107 cm³/mol. The molecule has 0 aliphatic carbocycles. The monoisotopic (exact) mass is 374 g/mol. The van der Waals surface area contributed by atoms with Crippen LogP contribution >= 0.6 is 23.1 Å². The van der Waals surface area contributed by atoms with Crippen LogP contribution in [-0.2, 0) is 10.2 Å². The van der Waals surface area contributed by atoms with Crippen LogP contribution in [0.3, 0.4) is 0 Å². The maximum atomic E-state index is 12.6. The van der Waals surface area contributed by atoms with E-state index in [1.54, 1.807) is 7.11 Å². The number of nitrogens with one attached hydrogen (secondary N) is 1. The van der Waals surface area contributed by atoms with Crippen molar-refractivity contribution in [3.63, 3.8) is 0 Å². The summed E-state index contributed by atoms with van der Waals surface area (Å²) < 4.78 is 5.04. The second-order valence-corrected chi connectivity index (χ2v) is 8.81. The zero-order valence-electron chi connectivity index (χ0n) is 14.9. The van der Waals surface area contributed by atoms with E-state index in [0.717, 1.165) is 21.7 Å². The molecule has 6 heteroatoms. The molecule has 0 saturated heterocycles. The number of aromatic nitrogens is 2. The standard InChI is InChI=1S/C19H22N2O2S2/c1-19(2,3)13-7-5-12(6-8-13)14-11-25-17-15(14)16(22)20-18(21-17)24-10-9-23-4/h5-8,11H,9-10H2,1-4H3,(H,20,21,22). The van der Waals surface area contributed by atoms with Gasteiger partial charge in [0, 0.05) is 23.8 Å². The SMILES string of the molecule is COCCSc1nc2scc(-c3ccc(C(C)(C)C)cc3)c2c(=O)[nH]1. The number of nitrogens with zero attached hydrogens (tertiary/aromatic N) is 1. The number of rotatable bonds is 5. The number of thioether (sulfide) groups is 1. The number of fused-ring (bicyclic) bond motifs is 1. The van der Waals surface area contributed by atoms with Gasteiger partial charge in [0.25, 0.3) is 5.56 Å². The van der Waals surface area contributed by atoms with Crippen molar-refractivity contribution < 1.29 is 4.74 Å². The predicted octanol–water partition coefficient (Wildman–Crippen LogP) is 4.69. The second kappa shape index (κ2) is 7.32. The molecule has 25 heavy (non-hydrogen) atoms. The first-order chi connectivity index (χ1) is 11.9. The highest BCUT2D eigenvalue weighted by molar-refractivity contribution is 7.99. The summed E-state index contributed by atoms with van der Waals surface area (Å²) in [5.74, 6) is 0.761. The van der Waals surface area contributed by atoms with E-state index in [0.29, 0.717) is 17.1 Å². The van der Waals surface area contributed by atoms with Crippen LogP contribution in [0.25, 0.3) is 21.3 Å². The minimum Gasteiger partial charge on any atom is -0.384 e. The molecule has 0 saturated carbocycles. The molecule has 0 unspecified atom stereocenters. The summed E-state index contributed by atoms with van der Waals surface area (Å²) in [4.78, 5) is 20.8. The Hall–Kier alpha value is -1.63. The fourth-order valence-corrected chi connectivity index (χ4v) is 4.35. The highest BCUT2D eigenvalue weighted by atomic mass is 32.2. The number of hydrogen-bond acceptors (Lipinski definition) is 5. The van der Waals surface area contributed by atoms with Crippen LogP contribution in [0.2, 0.25) is 0 Å². The molecule has 1 N–H and O–H groups in total. The second-order valence-electron chi connectivity index (χ2n) is 6.87. The van der Waals surface area contributed by atoms with Gasteiger partial charge >= 0.3 is 0 Å². The van der Waals surface area contributed by atoms with Gasteiger partial charge in [0.05, 0.1) is 12.0 Å². The summed E-state index contributed by atoms with van der Waals surface area (Å²) in [5, 5.41) is 3.33. The van der Waals surface area contributed by atoms with Crippen LogP contribution in [0.1, 0.15) is 26.3 Å². The minimum absolute atomic E-state index is 0.0823. The Balaban J connectivity index is 1.97. The average molecular weight is 375 g/mol. The van der Waals surface area contributed by atoms with E-state index >= 15 is 0 Å². The topological polar surface area (TPSA) is 55.0 Å². The third-order valence-electron chi connectivity index (χ3n) is 4.01. The fraction of sp³-hybridized carbons (Fsp3) is 0.368. The van der Waals surface area contributed by atoms with E-state index in [-0.39, 0.29) is 11.0 Å². The van der Waals surface area contributed by atoms with Gasteiger partial charge in [-0.25, -0.2) is 4.98 Å². The first-order valence-corrected chi connectivity index (χ1v) is 10.0. The van der Waals surface area contributed by atoms with Crippen molar-refractivity contribution in [2.24, 2.45) is 0 Å². The van der Waals surface area contributed by atoms with E-state index in [1.165, 1.54) is 28.7 Å². The van der Waals surface area contributed by atoms with Gasteiger partial charge in [-0.3, -0.25) is 4.79 Å².